The minimum atomic E-state index is 0.772. The van der Waals surface area contributed by atoms with Crippen molar-refractivity contribution in [2.24, 2.45) is 4.99 Å². The first-order valence-electron chi connectivity index (χ1n) is 5.87. The van der Waals surface area contributed by atoms with Gasteiger partial charge in [0, 0.05) is 49.3 Å². The van der Waals surface area contributed by atoms with Crippen molar-refractivity contribution >= 4 is 28.5 Å². The Morgan fingerprint density at radius 1 is 1.39 bits per heavy atom. The van der Waals surface area contributed by atoms with Crippen molar-refractivity contribution in [2.75, 3.05) is 20.6 Å². The number of rotatable bonds is 3. The van der Waals surface area contributed by atoms with E-state index in [1.807, 2.05) is 25.2 Å². The Bertz CT molecular complexity index is 559. The molecule has 0 radical (unpaired) electrons. The molecule has 0 atom stereocenters. The number of aromatic nitrogens is 1. The van der Waals surface area contributed by atoms with Crippen LogP contribution in [0.5, 0.6) is 0 Å². The van der Waals surface area contributed by atoms with Gasteiger partial charge in [0.05, 0.1) is 0 Å². The summed E-state index contributed by atoms with van der Waals surface area (Å²) in [5.74, 6) is 0.800. The zero-order valence-electron chi connectivity index (χ0n) is 10.6. The van der Waals surface area contributed by atoms with Gasteiger partial charge in [-0.15, -0.1) is 0 Å². The molecule has 0 saturated carbocycles. The van der Waals surface area contributed by atoms with Gasteiger partial charge in [-0.25, -0.2) is 0 Å². The number of fused-ring (bicyclic) bond motifs is 1. The Morgan fingerprint density at radius 2 is 2.22 bits per heavy atom. The van der Waals surface area contributed by atoms with Crippen molar-refractivity contribution in [3.8, 4) is 0 Å². The first kappa shape index (κ1) is 12.8. The Morgan fingerprint density at radius 3 is 2.94 bits per heavy atom. The Labute approximate surface area is 112 Å². The number of hydrogen-bond donors (Lipinski definition) is 2. The van der Waals surface area contributed by atoms with E-state index in [1.54, 1.807) is 7.05 Å². The molecule has 2 N–H and O–H groups in total. The van der Waals surface area contributed by atoms with Crippen molar-refractivity contribution in [3.63, 3.8) is 0 Å². The van der Waals surface area contributed by atoms with Gasteiger partial charge in [-0.2, -0.15) is 0 Å². The maximum absolute atomic E-state index is 5.97. The second-order valence-corrected chi connectivity index (χ2v) is 4.40. The molecule has 5 heteroatoms. The van der Waals surface area contributed by atoms with Crippen LogP contribution in [0.1, 0.15) is 0 Å². The van der Waals surface area contributed by atoms with E-state index in [0.29, 0.717) is 0 Å². The van der Waals surface area contributed by atoms with Crippen molar-refractivity contribution in [1.29, 1.82) is 0 Å². The van der Waals surface area contributed by atoms with Gasteiger partial charge in [0.25, 0.3) is 0 Å². The third-order valence-electron chi connectivity index (χ3n) is 2.84. The topological polar surface area (TPSA) is 41.4 Å². The quantitative estimate of drug-likeness (QED) is 0.658. The molecule has 1 aromatic carbocycles. The SMILES string of the molecule is CN=C(NC)NCCn1ccc2cc(Cl)ccc21. The number of benzene rings is 1. The van der Waals surface area contributed by atoms with E-state index in [2.05, 4.69) is 32.5 Å². The second kappa shape index (κ2) is 5.78. The molecule has 0 fully saturated rings. The molecular formula is C13H17ClN4. The van der Waals surface area contributed by atoms with Crippen LogP contribution in [0, 0.1) is 0 Å². The first-order chi connectivity index (χ1) is 8.74. The maximum Gasteiger partial charge on any atom is 0.190 e. The van der Waals surface area contributed by atoms with Crippen LogP contribution in [0.4, 0.5) is 0 Å². The summed E-state index contributed by atoms with van der Waals surface area (Å²) in [4.78, 5) is 4.07. The van der Waals surface area contributed by atoms with Gasteiger partial charge in [-0.05, 0) is 24.3 Å². The molecule has 0 aliphatic carbocycles. The Balaban J connectivity index is 2.04. The fraction of sp³-hybridized carbons (Fsp3) is 0.308. The molecule has 2 aromatic rings. The monoisotopic (exact) mass is 264 g/mol. The van der Waals surface area contributed by atoms with Crippen LogP contribution < -0.4 is 10.6 Å². The lowest BCUT2D eigenvalue weighted by molar-refractivity contribution is 0.687. The van der Waals surface area contributed by atoms with E-state index in [4.69, 9.17) is 11.6 Å². The van der Waals surface area contributed by atoms with E-state index in [-0.39, 0.29) is 0 Å². The second-order valence-electron chi connectivity index (χ2n) is 3.96. The predicted octanol–water partition coefficient (Wildman–Crippen LogP) is 2.09. The van der Waals surface area contributed by atoms with Gasteiger partial charge in [0.1, 0.15) is 0 Å². The third kappa shape index (κ3) is 2.76. The van der Waals surface area contributed by atoms with Crippen LogP contribution >= 0.6 is 11.6 Å². The van der Waals surface area contributed by atoms with Gasteiger partial charge in [0.15, 0.2) is 5.96 Å². The summed E-state index contributed by atoms with van der Waals surface area (Å²) in [6, 6.07) is 8.02. The maximum atomic E-state index is 5.97. The highest BCUT2D eigenvalue weighted by atomic mass is 35.5. The van der Waals surface area contributed by atoms with Crippen molar-refractivity contribution in [3.05, 3.63) is 35.5 Å². The summed E-state index contributed by atoms with van der Waals surface area (Å²) < 4.78 is 2.20. The normalized spacial score (nSPS) is 11.8. The van der Waals surface area contributed by atoms with E-state index in [0.717, 1.165) is 24.1 Å². The number of nitrogens with zero attached hydrogens (tertiary/aromatic N) is 2. The lowest BCUT2D eigenvalue weighted by Crippen LogP contribution is -2.36. The molecule has 2 rings (SSSR count). The molecule has 0 aliphatic heterocycles. The third-order valence-corrected chi connectivity index (χ3v) is 3.07. The molecule has 4 nitrogen and oxygen atoms in total. The van der Waals surface area contributed by atoms with Crippen LogP contribution in [0.15, 0.2) is 35.5 Å². The zero-order chi connectivity index (χ0) is 13.0. The van der Waals surface area contributed by atoms with E-state index in [9.17, 15) is 0 Å². The average Bonchev–Trinajstić information content (AvgIpc) is 2.77. The Kier molecular flexibility index (Phi) is 4.10. The average molecular weight is 265 g/mol. The number of hydrogen-bond acceptors (Lipinski definition) is 1. The summed E-state index contributed by atoms with van der Waals surface area (Å²) in [6.45, 7) is 1.70. The fourth-order valence-corrected chi connectivity index (χ4v) is 2.12. The predicted molar refractivity (Wildman–Crippen MR) is 77.4 cm³/mol. The molecule has 1 heterocycles. The van der Waals surface area contributed by atoms with Gasteiger partial charge in [-0.1, -0.05) is 11.6 Å². The lowest BCUT2D eigenvalue weighted by Gasteiger charge is -2.10. The molecule has 18 heavy (non-hydrogen) atoms. The smallest absolute Gasteiger partial charge is 0.190 e. The van der Waals surface area contributed by atoms with Crippen molar-refractivity contribution in [1.82, 2.24) is 15.2 Å². The molecule has 0 amide bonds. The van der Waals surface area contributed by atoms with Gasteiger partial charge >= 0.3 is 0 Å². The fourth-order valence-electron chi connectivity index (χ4n) is 1.94. The highest BCUT2D eigenvalue weighted by molar-refractivity contribution is 6.31. The number of aliphatic imine (C=N–C) groups is 1. The van der Waals surface area contributed by atoms with Crippen molar-refractivity contribution < 1.29 is 0 Å². The number of nitrogens with one attached hydrogen (secondary N) is 2. The Hall–Kier alpha value is -1.68. The minimum Gasteiger partial charge on any atom is -0.359 e. The molecule has 0 unspecified atom stereocenters. The molecular weight excluding hydrogens is 248 g/mol. The zero-order valence-corrected chi connectivity index (χ0v) is 11.3. The molecule has 0 spiro atoms. The van der Waals surface area contributed by atoms with Gasteiger partial charge < -0.3 is 15.2 Å². The van der Waals surface area contributed by atoms with Crippen LogP contribution in [0.2, 0.25) is 5.02 Å². The molecule has 0 saturated heterocycles. The minimum absolute atomic E-state index is 0.772. The van der Waals surface area contributed by atoms with Crippen molar-refractivity contribution in [2.45, 2.75) is 6.54 Å². The molecule has 0 bridgehead atoms. The first-order valence-corrected chi connectivity index (χ1v) is 6.25. The van der Waals surface area contributed by atoms with Gasteiger partial charge in [0.2, 0.25) is 0 Å². The summed E-state index contributed by atoms with van der Waals surface area (Å²) in [5, 5.41) is 8.15. The molecule has 0 aliphatic rings. The van der Waals surface area contributed by atoms with Crippen LogP contribution in [-0.4, -0.2) is 31.2 Å². The lowest BCUT2D eigenvalue weighted by atomic mass is 10.2. The number of halogens is 1. The molecule has 96 valence electrons. The highest BCUT2D eigenvalue weighted by Crippen LogP contribution is 2.20. The number of guanidine groups is 1. The van der Waals surface area contributed by atoms with Crippen LogP contribution in [0.25, 0.3) is 10.9 Å². The highest BCUT2D eigenvalue weighted by Gasteiger charge is 2.01. The van der Waals surface area contributed by atoms with E-state index in [1.165, 1.54) is 10.9 Å². The van der Waals surface area contributed by atoms with E-state index >= 15 is 0 Å². The van der Waals surface area contributed by atoms with E-state index < -0.39 is 0 Å². The van der Waals surface area contributed by atoms with Crippen LogP contribution in [0.3, 0.4) is 0 Å². The summed E-state index contributed by atoms with van der Waals surface area (Å²) >= 11 is 5.97. The summed E-state index contributed by atoms with van der Waals surface area (Å²) in [5.41, 5.74) is 1.20. The summed E-state index contributed by atoms with van der Waals surface area (Å²) in [6.07, 6.45) is 2.07. The van der Waals surface area contributed by atoms with Crippen LogP contribution in [-0.2, 0) is 6.54 Å². The summed E-state index contributed by atoms with van der Waals surface area (Å²) in [7, 11) is 3.61. The molecule has 1 aromatic heterocycles. The van der Waals surface area contributed by atoms with Gasteiger partial charge in [-0.3, -0.25) is 4.99 Å². The standard InChI is InChI=1S/C13H17ClN4/c1-15-13(16-2)17-6-8-18-7-5-10-9-11(14)3-4-12(10)18/h3-5,7,9H,6,8H2,1-2H3,(H2,15,16,17). The largest absolute Gasteiger partial charge is 0.359 e.